The summed E-state index contributed by atoms with van der Waals surface area (Å²) in [4.78, 5) is 15.8. The van der Waals surface area contributed by atoms with Gasteiger partial charge in [0.25, 0.3) is 0 Å². The third kappa shape index (κ3) is 3.54. The maximum absolute atomic E-state index is 11.5. The molecule has 2 aromatic rings. The van der Waals surface area contributed by atoms with Crippen molar-refractivity contribution in [3.8, 4) is 0 Å². The zero-order valence-corrected chi connectivity index (χ0v) is 13.9. The number of carboxylic acids is 1. The van der Waals surface area contributed by atoms with Crippen LogP contribution in [0.5, 0.6) is 0 Å². The third-order valence-corrected chi connectivity index (χ3v) is 3.85. The number of anilines is 2. The average Bonchev–Trinajstić information content (AvgIpc) is 2.43. The molecule has 0 fully saturated rings. The topological polar surface area (TPSA) is 62.2 Å². The van der Waals surface area contributed by atoms with Crippen molar-refractivity contribution < 1.29 is 9.90 Å². The van der Waals surface area contributed by atoms with E-state index < -0.39 is 11.4 Å². The number of aliphatic carboxylic acids is 1. The van der Waals surface area contributed by atoms with Crippen LogP contribution in [0.4, 0.5) is 11.5 Å². The predicted octanol–water partition coefficient (Wildman–Crippen LogP) is 4.60. The van der Waals surface area contributed by atoms with Crippen LogP contribution in [0.25, 0.3) is 0 Å². The van der Waals surface area contributed by atoms with Gasteiger partial charge in [0.05, 0.1) is 5.41 Å². The Morgan fingerprint density at radius 1 is 1.33 bits per heavy atom. The Hall–Kier alpha value is -1.59. The molecule has 2 rings (SSSR count). The second-order valence-corrected chi connectivity index (χ2v) is 6.46. The first-order valence-electron chi connectivity index (χ1n) is 6.22. The largest absolute Gasteiger partial charge is 0.481 e. The van der Waals surface area contributed by atoms with Crippen LogP contribution in [0.2, 0.25) is 5.02 Å². The standard InChI is InChI=1S/C15H14BrClN2O2/c1-15(2,14(20)21)12-7-9(16)8-18-13(12)19-11-5-3-10(17)4-6-11/h3-8H,1-2H3,(H,18,19)(H,20,21). The molecule has 0 aliphatic carbocycles. The van der Waals surface area contributed by atoms with E-state index in [2.05, 4.69) is 26.2 Å². The van der Waals surface area contributed by atoms with Gasteiger partial charge in [0.2, 0.25) is 0 Å². The molecule has 21 heavy (non-hydrogen) atoms. The SMILES string of the molecule is CC(C)(C(=O)O)c1cc(Br)cnc1Nc1ccc(Cl)cc1. The van der Waals surface area contributed by atoms with Gasteiger partial charge in [-0.3, -0.25) is 4.79 Å². The maximum atomic E-state index is 11.5. The Morgan fingerprint density at radius 3 is 2.52 bits per heavy atom. The summed E-state index contributed by atoms with van der Waals surface area (Å²) in [6, 6.07) is 8.89. The van der Waals surface area contributed by atoms with E-state index in [4.69, 9.17) is 11.6 Å². The summed E-state index contributed by atoms with van der Waals surface area (Å²) in [5.41, 5.74) is 0.321. The van der Waals surface area contributed by atoms with Crippen LogP contribution < -0.4 is 5.32 Å². The van der Waals surface area contributed by atoms with Gasteiger partial charge < -0.3 is 10.4 Å². The highest BCUT2D eigenvalue weighted by atomic mass is 79.9. The highest BCUT2D eigenvalue weighted by Gasteiger charge is 2.32. The lowest BCUT2D eigenvalue weighted by Crippen LogP contribution is -2.29. The summed E-state index contributed by atoms with van der Waals surface area (Å²) in [6.45, 7) is 3.29. The second-order valence-electron chi connectivity index (χ2n) is 5.11. The first kappa shape index (κ1) is 15.8. The van der Waals surface area contributed by atoms with Gasteiger partial charge in [-0.25, -0.2) is 4.98 Å². The summed E-state index contributed by atoms with van der Waals surface area (Å²) in [6.07, 6.45) is 1.62. The van der Waals surface area contributed by atoms with Crippen LogP contribution in [-0.2, 0) is 10.2 Å². The average molecular weight is 370 g/mol. The smallest absolute Gasteiger partial charge is 0.313 e. The van der Waals surface area contributed by atoms with Crippen molar-refractivity contribution in [2.24, 2.45) is 0 Å². The Labute approximate surface area is 136 Å². The van der Waals surface area contributed by atoms with E-state index >= 15 is 0 Å². The van der Waals surface area contributed by atoms with Crippen molar-refractivity contribution in [1.82, 2.24) is 4.98 Å². The van der Waals surface area contributed by atoms with E-state index in [9.17, 15) is 9.90 Å². The fraction of sp³-hybridized carbons (Fsp3) is 0.200. The molecule has 1 aromatic carbocycles. The molecule has 0 spiro atoms. The Bertz CT molecular complexity index is 672. The Balaban J connectivity index is 2.44. The van der Waals surface area contributed by atoms with Crippen LogP contribution in [-0.4, -0.2) is 16.1 Å². The number of rotatable bonds is 4. The Morgan fingerprint density at radius 2 is 1.95 bits per heavy atom. The van der Waals surface area contributed by atoms with Gasteiger partial charge >= 0.3 is 5.97 Å². The molecule has 0 aliphatic heterocycles. The highest BCUT2D eigenvalue weighted by molar-refractivity contribution is 9.10. The first-order chi connectivity index (χ1) is 9.80. The summed E-state index contributed by atoms with van der Waals surface area (Å²) in [5.74, 6) is -0.408. The minimum absolute atomic E-state index is 0.507. The molecule has 110 valence electrons. The van der Waals surface area contributed by atoms with Gasteiger partial charge in [0.15, 0.2) is 0 Å². The molecule has 1 heterocycles. The summed E-state index contributed by atoms with van der Waals surface area (Å²) in [7, 11) is 0. The maximum Gasteiger partial charge on any atom is 0.313 e. The van der Waals surface area contributed by atoms with Crippen molar-refractivity contribution in [1.29, 1.82) is 0 Å². The van der Waals surface area contributed by atoms with Gasteiger partial charge in [0, 0.05) is 26.9 Å². The summed E-state index contributed by atoms with van der Waals surface area (Å²) >= 11 is 9.19. The molecule has 0 amide bonds. The van der Waals surface area contributed by atoms with E-state index in [0.717, 1.165) is 10.2 Å². The van der Waals surface area contributed by atoms with Crippen molar-refractivity contribution in [2.45, 2.75) is 19.3 Å². The summed E-state index contributed by atoms with van der Waals surface area (Å²) in [5, 5.41) is 13.2. The molecule has 0 atom stereocenters. The van der Waals surface area contributed by atoms with Gasteiger partial charge in [-0.05, 0) is 60.1 Å². The van der Waals surface area contributed by atoms with Gasteiger partial charge in [0.1, 0.15) is 5.82 Å². The second kappa shape index (κ2) is 6.03. The van der Waals surface area contributed by atoms with Gasteiger partial charge in [-0.2, -0.15) is 0 Å². The first-order valence-corrected chi connectivity index (χ1v) is 7.40. The van der Waals surface area contributed by atoms with Crippen LogP contribution in [0.1, 0.15) is 19.4 Å². The lowest BCUT2D eigenvalue weighted by Gasteiger charge is -2.23. The highest BCUT2D eigenvalue weighted by Crippen LogP contribution is 2.32. The molecular formula is C15H14BrClN2O2. The lowest BCUT2D eigenvalue weighted by molar-refractivity contribution is -0.142. The van der Waals surface area contributed by atoms with Gasteiger partial charge in [-0.1, -0.05) is 11.6 Å². The molecule has 6 heteroatoms. The van der Waals surface area contributed by atoms with Crippen molar-refractivity contribution in [3.05, 3.63) is 51.6 Å². The van der Waals surface area contributed by atoms with Crippen molar-refractivity contribution in [3.63, 3.8) is 0 Å². The lowest BCUT2D eigenvalue weighted by atomic mass is 9.85. The number of carbonyl (C=O) groups is 1. The van der Waals surface area contributed by atoms with E-state index in [1.54, 1.807) is 38.2 Å². The molecule has 0 bridgehead atoms. The molecule has 2 N–H and O–H groups in total. The van der Waals surface area contributed by atoms with Crippen LogP contribution in [0.15, 0.2) is 41.0 Å². The monoisotopic (exact) mass is 368 g/mol. The molecule has 0 saturated carbocycles. The fourth-order valence-electron chi connectivity index (χ4n) is 1.80. The van der Waals surface area contributed by atoms with E-state index in [1.807, 2.05) is 12.1 Å². The number of nitrogens with zero attached hydrogens (tertiary/aromatic N) is 1. The molecule has 1 aromatic heterocycles. The number of carboxylic acid groups (broad SMARTS) is 1. The number of hydrogen-bond donors (Lipinski definition) is 2. The number of hydrogen-bond acceptors (Lipinski definition) is 3. The van der Waals surface area contributed by atoms with E-state index in [-0.39, 0.29) is 0 Å². The quantitative estimate of drug-likeness (QED) is 0.826. The van der Waals surface area contributed by atoms with E-state index in [1.165, 1.54) is 0 Å². The third-order valence-electron chi connectivity index (χ3n) is 3.17. The number of nitrogens with one attached hydrogen (secondary N) is 1. The molecule has 0 radical (unpaired) electrons. The van der Waals surface area contributed by atoms with Crippen molar-refractivity contribution in [2.75, 3.05) is 5.32 Å². The fourth-order valence-corrected chi connectivity index (χ4v) is 2.26. The zero-order valence-electron chi connectivity index (χ0n) is 11.5. The molecule has 0 aliphatic rings. The number of pyridine rings is 1. The van der Waals surface area contributed by atoms with Gasteiger partial charge in [-0.15, -0.1) is 0 Å². The number of benzene rings is 1. The van der Waals surface area contributed by atoms with Crippen LogP contribution in [0.3, 0.4) is 0 Å². The Kier molecular flexibility index (Phi) is 4.54. The van der Waals surface area contributed by atoms with Crippen LogP contribution in [0, 0.1) is 0 Å². The minimum Gasteiger partial charge on any atom is -0.481 e. The number of halogens is 2. The van der Waals surface area contributed by atoms with E-state index in [0.29, 0.717) is 16.4 Å². The molecule has 4 nitrogen and oxygen atoms in total. The molecular weight excluding hydrogens is 356 g/mol. The van der Waals surface area contributed by atoms with Crippen LogP contribution >= 0.6 is 27.5 Å². The number of aromatic nitrogens is 1. The normalized spacial score (nSPS) is 11.2. The zero-order chi connectivity index (χ0) is 15.6. The molecule has 0 saturated heterocycles. The molecule has 0 unspecified atom stereocenters. The predicted molar refractivity (Wildman–Crippen MR) is 87.3 cm³/mol. The minimum atomic E-state index is -1.06. The van der Waals surface area contributed by atoms with Crippen molar-refractivity contribution >= 4 is 45.0 Å². The summed E-state index contributed by atoms with van der Waals surface area (Å²) < 4.78 is 0.730.